The Hall–Kier alpha value is -3.75. The zero-order valence-electron chi connectivity index (χ0n) is 14.7. The molecule has 0 radical (unpaired) electrons. The van der Waals surface area contributed by atoms with Crippen LogP contribution in [-0.4, -0.2) is 41.7 Å². The van der Waals surface area contributed by atoms with Crippen molar-refractivity contribution in [2.45, 2.75) is 6.42 Å². The number of nitrogens with zero attached hydrogens (tertiary/aromatic N) is 1. The molecule has 5 amide bonds. The van der Waals surface area contributed by atoms with Crippen LogP contribution in [0.2, 0.25) is 0 Å². The number of carbonyl (C=O) groups is 4. The van der Waals surface area contributed by atoms with Crippen LogP contribution in [0, 0.1) is 5.82 Å². The Morgan fingerprint density at radius 2 is 1.57 bits per heavy atom. The third-order valence-corrected chi connectivity index (χ3v) is 4.03. The summed E-state index contributed by atoms with van der Waals surface area (Å²) >= 11 is 0. The summed E-state index contributed by atoms with van der Waals surface area (Å²) in [6.07, 6.45) is -0.0256. The van der Waals surface area contributed by atoms with Gasteiger partial charge in [-0.1, -0.05) is 0 Å². The van der Waals surface area contributed by atoms with Crippen molar-refractivity contribution in [3.05, 3.63) is 59.9 Å². The molecule has 2 aromatic rings. The van der Waals surface area contributed by atoms with E-state index in [0.717, 1.165) is 4.90 Å². The van der Waals surface area contributed by atoms with E-state index in [0.29, 0.717) is 16.9 Å². The lowest BCUT2D eigenvalue weighted by molar-refractivity contribution is -0.125. The smallest absolute Gasteiger partial charge is 0.324 e. The number of amides is 5. The van der Waals surface area contributed by atoms with Gasteiger partial charge in [0.25, 0.3) is 5.91 Å². The molecular weight excluding hydrogens is 367 g/mol. The zero-order valence-corrected chi connectivity index (χ0v) is 14.7. The van der Waals surface area contributed by atoms with E-state index in [1.54, 1.807) is 24.3 Å². The van der Waals surface area contributed by atoms with Crippen LogP contribution in [0.5, 0.6) is 0 Å². The van der Waals surface area contributed by atoms with E-state index in [4.69, 9.17) is 0 Å². The van der Waals surface area contributed by atoms with Crippen LogP contribution in [0.3, 0.4) is 0 Å². The van der Waals surface area contributed by atoms with Crippen molar-refractivity contribution >= 4 is 35.1 Å². The molecule has 1 aliphatic rings. The normalized spacial score (nSPS) is 13.2. The highest BCUT2D eigenvalue weighted by molar-refractivity contribution is 6.04. The highest BCUT2D eigenvalue weighted by Crippen LogP contribution is 2.15. The summed E-state index contributed by atoms with van der Waals surface area (Å²) in [5.41, 5.74) is 1.33. The fourth-order valence-corrected chi connectivity index (χ4v) is 2.56. The number of imide groups is 1. The van der Waals surface area contributed by atoms with Crippen LogP contribution in [0.15, 0.2) is 48.5 Å². The molecule has 1 fully saturated rings. The van der Waals surface area contributed by atoms with Crippen LogP contribution in [0.1, 0.15) is 16.8 Å². The van der Waals surface area contributed by atoms with Gasteiger partial charge in [0, 0.05) is 29.9 Å². The summed E-state index contributed by atoms with van der Waals surface area (Å²) in [6, 6.07) is 11.1. The largest absolute Gasteiger partial charge is 0.329 e. The van der Waals surface area contributed by atoms with Gasteiger partial charge in [-0.15, -0.1) is 0 Å². The van der Waals surface area contributed by atoms with Crippen LogP contribution >= 0.6 is 0 Å². The topological polar surface area (TPSA) is 108 Å². The molecule has 0 aromatic heterocycles. The highest BCUT2D eigenvalue weighted by atomic mass is 19.1. The van der Waals surface area contributed by atoms with Crippen molar-refractivity contribution in [3.8, 4) is 0 Å². The molecule has 0 aliphatic carbocycles. The minimum atomic E-state index is -0.501. The van der Waals surface area contributed by atoms with Gasteiger partial charge in [0.05, 0.1) is 6.54 Å². The summed E-state index contributed by atoms with van der Waals surface area (Å²) < 4.78 is 12.9. The first kappa shape index (κ1) is 19.0. The van der Waals surface area contributed by atoms with Crippen molar-refractivity contribution in [1.82, 2.24) is 10.2 Å². The van der Waals surface area contributed by atoms with Crippen molar-refractivity contribution in [1.29, 1.82) is 0 Å². The molecule has 28 heavy (non-hydrogen) atoms. The molecule has 9 heteroatoms. The van der Waals surface area contributed by atoms with E-state index in [2.05, 4.69) is 16.0 Å². The Bertz CT molecular complexity index is 897. The highest BCUT2D eigenvalue weighted by Gasteiger charge is 2.28. The molecule has 1 aliphatic heterocycles. The Morgan fingerprint density at radius 1 is 0.964 bits per heavy atom. The number of carbonyl (C=O) groups excluding carboxylic acids is 4. The van der Waals surface area contributed by atoms with Gasteiger partial charge in [0.15, 0.2) is 0 Å². The number of nitrogens with one attached hydrogen (secondary N) is 3. The van der Waals surface area contributed by atoms with Gasteiger partial charge in [-0.05, 0) is 48.5 Å². The number of halogens is 1. The first-order valence-electron chi connectivity index (χ1n) is 8.47. The van der Waals surface area contributed by atoms with E-state index < -0.39 is 11.8 Å². The van der Waals surface area contributed by atoms with Crippen molar-refractivity contribution in [3.63, 3.8) is 0 Å². The van der Waals surface area contributed by atoms with E-state index >= 15 is 0 Å². The van der Waals surface area contributed by atoms with Crippen molar-refractivity contribution in [2.24, 2.45) is 0 Å². The lowest BCUT2D eigenvalue weighted by atomic mass is 10.2. The summed E-state index contributed by atoms with van der Waals surface area (Å²) in [4.78, 5) is 47.9. The fourth-order valence-electron chi connectivity index (χ4n) is 2.56. The molecule has 1 heterocycles. The molecule has 1 saturated heterocycles. The van der Waals surface area contributed by atoms with Gasteiger partial charge < -0.3 is 16.0 Å². The Kier molecular flexibility index (Phi) is 5.64. The zero-order chi connectivity index (χ0) is 20.1. The quantitative estimate of drug-likeness (QED) is 0.662. The van der Waals surface area contributed by atoms with Crippen LogP contribution in [0.4, 0.5) is 20.6 Å². The molecular formula is C19H17FN4O4. The van der Waals surface area contributed by atoms with Crippen LogP contribution in [-0.2, 0) is 9.59 Å². The molecule has 0 spiro atoms. The first-order valence-corrected chi connectivity index (χ1v) is 8.47. The number of hydrogen-bond acceptors (Lipinski definition) is 4. The molecule has 3 rings (SSSR count). The second-order valence-electron chi connectivity index (χ2n) is 6.04. The first-order chi connectivity index (χ1) is 13.4. The fraction of sp³-hybridized carbons (Fsp3) is 0.158. The third-order valence-electron chi connectivity index (χ3n) is 4.03. The van der Waals surface area contributed by atoms with Crippen LogP contribution in [0.25, 0.3) is 0 Å². The van der Waals surface area contributed by atoms with Gasteiger partial charge in [-0.25, -0.2) is 9.18 Å². The average molecular weight is 384 g/mol. The SMILES string of the molecule is O=C(CCN1C(=O)CNC1=O)Nc1ccc(NC(=O)c2ccc(F)cc2)cc1. The molecule has 0 unspecified atom stereocenters. The summed E-state index contributed by atoms with van der Waals surface area (Å²) in [5, 5.41) is 7.70. The van der Waals surface area contributed by atoms with Gasteiger partial charge >= 0.3 is 6.03 Å². The van der Waals surface area contributed by atoms with E-state index in [9.17, 15) is 23.6 Å². The number of benzene rings is 2. The van der Waals surface area contributed by atoms with E-state index in [1.165, 1.54) is 24.3 Å². The minimum absolute atomic E-state index is 0.00229. The van der Waals surface area contributed by atoms with Gasteiger partial charge in [0.2, 0.25) is 11.8 Å². The molecule has 0 atom stereocenters. The average Bonchev–Trinajstić information content (AvgIpc) is 3.00. The second kappa shape index (κ2) is 8.30. The minimum Gasteiger partial charge on any atom is -0.329 e. The van der Waals surface area contributed by atoms with Crippen LogP contribution < -0.4 is 16.0 Å². The Balaban J connectivity index is 1.50. The number of urea groups is 1. The van der Waals surface area contributed by atoms with E-state index in [-0.39, 0.29) is 37.2 Å². The van der Waals surface area contributed by atoms with E-state index in [1.807, 2.05) is 0 Å². The Morgan fingerprint density at radius 3 is 2.14 bits per heavy atom. The summed E-state index contributed by atoms with van der Waals surface area (Å²) in [5.74, 6) is -1.52. The second-order valence-corrected chi connectivity index (χ2v) is 6.04. The van der Waals surface area contributed by atoms with Gasteiger partial charge in [-0.3, -0.25) is 19.3 Å². The molecule has 8 nitrogen and oxygen atoms in total. The molecule has 2 aromatic carbocycles. The standard InChI is InChI=1S/C19H17FN4O4/c20-13-3-1-12(2-4-13)18(27)23-15-7-5-14(6-8-15)22-16(25)9-10-24-17(26)11-21-19(24)28/h1-8H,9-11H2,(H,21,28)(H,22,25)(H,23,27). The van der Waals surface area contributed by atoms with Gasteiger partial charge in [0.1, 0.15) is 5.82 Å². The molecule has 0 saturated carbocycles. The number of hydrogen-bond donors (Lipinski definition) is 3. The van der Waals surface area contributed by atoms with Gasteiger partial charge in [-0.2, -0.15) is 0 Å². The predicted molar refractivity (Wildman–Crippen MR) is 99.2 cm³/mol. The molecule has 144 valence electrons. The van der Waals surface area contributed by atoms with Crippen molar-refractivity contribution in [2.75, 3.05) is 23.7 Å². The lowest BCUT2D eigenvalue weighted by Gasteiger charge is -2.12. The lowest BCUT2D eigenvalue weighted by Crippen LogP contribution is -2.33. The Labute approximate surface area is 159 Å². The summed E-state index contributed by atoms with van der Waals surface area (Å²) in [7, 11) is 0. The van der Waals surface area contributed by atoms with Crippen molar-refractivity contribution < 1.29 is 23.6 Å². The molecule has 0 bridgehead atoms. The third kappa shape index (κ3) is 4.70. The number of rotatable bonds is 6. The summed E-state index contributed by atoms with van der Waals surface area (Å²) in [6.45, 7) is -0.0478. The monoisotopic (exact) mass is 384 g/mol. The molecule has 3 N–H and O–H groups in total. The maximum absolute atomic E-state index is 12.9. The predicted octanol–water partition coefficient (Wildman–Crippen LogP) is 1.96. The maximum atomic E-state index is 12.9. The maximum Gasteiger partial charge on any atom is 0.324 e. The number of anilines is 2.